The van der Waals surface area contributed by atoms with Gasteiger partial charge in [0.1, 0.15) is 5.75 Å². The third-order valence-electron chi connectivity index (χ3n) is 3.81. The van der Waals surface area contributed by atoms with E-state index in [1.54, 1.807) is 55.6 Å². The predicted molar refractivity (Wildman–Crippen MR) is 117 cm³/mol. The van der Waals surface area contributed by atoms with Crippen molar-refractivity contribution in [2.45, 2.75) is 6.42 Å². The van der Waals surface area contributed by atoms with Gasteiger partial charge in [-0.25, -0.2) is 5.43 Å². The van der Waals surface area contributed by atoms with E-state index in [1.165, 1.54) is 6.21 Å². The summed E-state index contributed by atoms with van der Waals surface area (Å²) in [5.74, 6) is -1.71. The number of methoxy groups -OCH3 is 1. The lowest BCUT2D eigenvalue weighted by Gasteiger charge is -2.10. The van der Waals surface area contributed by atoms with Crippen LogP contribution in [-0.2, 0) is 19.1 Å². The highest BCUT2D eigenvalue weighted by Crippen LogP contribution is 2.20. The molecule has 0 radical (unpaired) electrons. The number of rotatable bonds is 10. The lowest BCUT2D eigenvalue weighted by molar-refractivity contribution is -0.139. The number of anilines is 1. The Morgan fingerprint density at radius 3 is 2.58 bits per heavy atom. The molecular weight excluding hydrogens is 424 g/mol. The fourth-order valence-corrected chi connectivity index (χ4v) is 2.50. The van der Waals surface area contributed by atoms with Crippen molar-refractivity contribution in [1.82, 2.24) is 10.7 Å². The van der Waals surface area contributed by atoms with E-state index >= 15 is 0 Å². The largest absolute Gasteiger partial charge is 0.483 e. The summed E-state index contributed by atoms with van der Waals surface area (Å²) < 4.78 is 10.4. The Kier molecular flexibility index (Phi) is 9.99. The van der Waals surface area contributed by atoms with Gasteiger partial charge in [-0.15, -0.1) is 0 Å². The van der Waals surface area contributed by atoms with Crippen LogP contribution in [0.3, 0.4) is 0 Å². The minimum Gasteiger partial charge on any atom is -0.483 e. The van der Waals surface area contributed by atoms with E-state index in [1.807, 2.05) is 0 Å². The molecule has 9 nitrogen and oxygen atoms in total. The van der Waals surface area contributed by atoms with Crippen molar-refractivity contribution >= 4 is 41.2 Å². The second kappa shape index (κ2) is 13.0. The molecule has 0 saturated heterocycles. The number of nitrogens with one attached hydrogen (secondary N) is 3. The number of hydrazone groups is 1. The molecule has 0 aliphatic rings. The van der Waals surface area contributed by atoms with Gasteiger partial charge in [0.15, 0.2) is 6.61 Å². The molecule has 0 atom stereocenters. The quantitative estimate of drug-likeness (QED) is 0.223. The van der Waals surface area contributed by atoms with Crippen molar-refractivity contribution in [3.05, 3.63) is 59.1 Å². The second-order valence-electron chi connectivity index (χ2n) is 6.16. The number of carbonyl (C=O) groups is 3. The van der Waals surface area contributed by atoms with Crippen molar-refractivity contribution in [2.24, 2.45) is 5.10 Å². The average molecular weight is 447 g/mol. The Morgan fingerprint density at radius 2 is 1.81 bits per heavy atom. The molecule has 2 aromatic rings. The zero-order chi connectivity index (χ0) is 22.5. The SMILES string of the molecule is COCCCNC(=O)C(=O)N/N=C\c1ccccc1OCC(=O)Nc1ccccc1Cl. The normalized spacial score (nSPS) is 10.5. The molecule has 164 valence electrons. The molecule has 0 aliphatic carbocycles. The molecule has 3 amide bonds. The summed E-state index contributed by atoms with van der Waals surface area (Å²) in [4.78, 5) is 35.5. The number of carbonyl (C=O) groups excluding carboxylic acids is 3. The van der Waals surface area contributed by atoms with Gasteiger partial charge in [0, 0.05) is 25.8 Å². The summed E-state index contributed by atoms with van der Waals surface area (Å²) in [5.41, 5.74) is 3.13. The fourth-order valence-electron chi connectivity index (χ4n) is 2.32. The van der Waals surface area contributed by atoms with Crippen LogP contribution in [0.25, 0.3) is 0 Å². The Labute approximate surface area is 184 Å². The Hall–Kier alpha value is -3.43. The molecule has 0 aromatic heterocycles. The van der Waals surface area contributed by atoms with Gasteiger partial charge in [0.05, 0.1) is 16.9 Å². The molecule has 0 heterocycles. The second-order valence-corrected chi connectivity index (χ2v) is 6.56. The van der Waals surface area contributed by atoms with Crippen LogP contribution in [0.5, 0.6) is 5.75 Å². The van der Waals surface area contributed by atoms with E-state index in [0.29, 0.717) is 41.6 Å². The van der Waals surface area contributed by atoms with Crippen LogP contribution in [0, 0.1) is 0 Å². The number of amides is 3. The zero-order valence-corrected chi connectivity index (χ0v) is 17.6. The predicted octanol–water partition coefficient (Wildman–Crippen LogP) is 1.96. The molecule has 2 rings (SSSR count). The van der Waals surface area contributed by atoms with Gasteiger partial charge < -0.3 is 20.1 Å². The van der Waals surface area contributed by atoms with Crippen molar-refractivity contribution in [2.75, 3.05) is 32.2 Å². The lowest BCUT2D eigenvalue weighted by Crippen LogP contribution is -2.38. The monoisotopic (exact) mass is 446 g/mol. The Bertz CT molecular complexity index is 935. The molecule has 0 fully saturated rings. The molecule has 3 N–H and O–H groups in total. The summed E-state index contributed by atoms with van der Waals surface area (Å²) in [5, 5.41) is 9.29. The minimum atomic E-state index is -0.897. The first kappa shape index (κ1) is 23.8. The van der Waals surface area contributed by atoms with Gasteiger partial charge in [-0.05, 0) is 30.7 Å². The van der Waals surface area contributed by atoms with Gasteiger partial charge in [0.2, 0.25) is 0 Å². The van der Waals surface area contributed by atoms with Crippen LogP contribution >= 0.6 is 11.6 Å². The highest BCUT2D eigenvalue weighted by Gasteiger charge is 2.12. The summed E-state index contributed by atoms with van der Waals surface area (Å²) in [7, 11) is 1.55. The smallest absolute Gasteiger partial charge is 0.329 e. The maximum atomic E-state index is 12.1. The maximum Gasteiger partial charge on any atom is 0.329 e. The molecular formula is C21H23ClN4O5. The van der Waals surface area contributed by atoms with Crippen LogP contribution in [0.4, 0.5) is 5.69 Å². The first-order chi connectivity index (χ1) is 15.0. The molecule has 0 spiro atoms. The molecule has 0 saturated carbocycles. The number of benzene rings is 2. The van der Waals surface area contributed by atoms with E-state index in [-0.39, 0.29) is 6.61 Å². The molecule has 0 unspecified atom stereocenters. The standard InChI is InChI=1S/C21H23ClN4O5/c1-30-12-6-11-23-20(28)21(29)26-24-13-15-7-2-5-10-18(15)31-14-19(27)25-17-9-4-3-8-16(17)22/h2-5,7-10,13H,6,11-12,14H2,1H3,(H,23,28)(H,25,27)(H,26,29)/b24-13-. The van der Waals surface area contributed by atoms with Crippen LogP contribution in [-0.4, -0.2) is 50.8 Å². The number of hydrogen-bond donors (Lipinski definition) is 3. The third kappa shape index (κ3) is 8.45. The number of para-hydroxylation sites is 2. The fraction of sp³-hybridized carbons (Fsp3) is 0.238. The first-order valence-corrected chi connectivity index (χ1v) is 9.75. The van der Waals surface area contributed by atoms with Crippen molar-refractivity contribution in [3.8, 4) is 5.75 Å². The van der Waals surface area contributed by atoms with Crippen LogP contribution < -0.4 is 20.8 Å². The molecule has 0 aliphatic heterocycles. The summed E-state index contributed by atoms with van der Waals surface area (Å²) in [6.07, 6.45) is 1.91. The zero-order valence-electron chi connectivity index (χ0n) is 16.9. The van der Waals surface area contributed by atoms with Crippen LogP contribution in [0.1, 0.15) is 12.0 Å². The molecule has 0 bridgehead atoms. The van der Waals surface area contributed by atoms with Gasteiger partial charge in [-0.3, -0.25) is 14.4 Å². The van der Waals surface area contributed by atoms with Gasteiger partial charge in [0.25, 0.3) is 5.91 Å². The number of halogens is 1. The maximum absolute atomic E-state index is 12.1. The average Bonchev–Trinajstić information content (AvgIpc) is 2.77. The van der Waals surface area contributed by atoms with Gasteiger partial charge in [-0.2, -0.15) is 5.10 Å². The van der Waals surface area contributed by atoms with E-state index < -0.39 is 17.7 Å². The highest BCUT2D eigenvalue weighted by atomic mass is 35.5. The number of hydrogen-bond acceptors (Lipinski definition) is 6. The van der Waals surface area contributed by atoms with E-state index in [2.05, 4.69) is 21.2 Å². The number of nitrogens with zero attached hydrogens (tertiary/aromatic N) is 1. The molecule has 31 heavy (non-hydrogen) atoms. The van der Waals surface area contributed by atoms with Crippen LogP contribution in [0.2, 0.25) is 5.02 Å². The summed E-state index contributed by atoms with van der Waals surface area (Å²) in [6, 6.07) is 13.6. The Balaban J connectivity index is 1.85. The highest BCUT2D eigenvalue weighted by molar-refractivity contribution is 6.35. The topological polar surface area (TPSA) is 118 Å². The van der Waals surface area contributed by atoms with E-state index in [4.69, 9.17) is 21.1 Å². The minimum absolute atomic E-state index is 0.258. The van der Waals surface area contributed by atoms with E-state index in [9.17, 15) is 14.4 Å². The third-order valence-corrected chi connectivity index (χ3v) is 4.14. The molecule has 2 aromatic carbocycles. The molecule has 10 heteroatoms. The van der Waals surface area contributed by atoms with Crippen molar-refractivity contribution in [3.63, 3.8) is 0 Å². The van der Waals surface area contributed by atoms with Crippen molar-refractivity contribution < 1.29 is 23.9 Å². The summed E-state index contributed by atoms with van der Waals surface area (Å²) >= 11 is 6.02. The van der Waals surface area contributed by atoms with Gasteiger partial charge in [-0.1, -0.05) is 35.9 Å². The van der Waals surface area contributed by atoms with E-state index in [0.717, 1.165) is 0 Å². The first-order valence-electron chi connectivity index (χ1n) is 9.37. The lowest BCUT2D eigenvalue weighted by atomic mass is 10.2. The van der Waals surface area contributed by atoms with Crippen LogP contribution in [0.15, 0.2) is 53.6 Å². The Morgan fingerprint density at radius 1 is 1.06 bits per heavy atom. The van der Waals surface area contributed by atoms with Crippen molar-refractivity contribution in [1.29, 1.82) is 0 Å². The van der Waals surface area contributed by atoms with Gasteiger partial charge >= 0.3 is 11.8 Å². The summed E-state index contributed by atoms with van der Waals surface area (Å²) in [6.45, 7) is 0.538. The number of ether oxygens (including phenoxy) is 2.